The number of hydrogen-bond donors (Lipinski definition) is 2. The van der Waals surface area contributed by atoms with Gasteiger partial charge in [-0.3, -0.25) is 4.68 Å². The maximum atomic E-state index is 5.57. The van der Waals surface area contributed by atoms with Crippen LogP contribution in [0.2, 0.25) is 0 Å². The first-order valence-corrected chi connectivity index (χ1v) is 8.36. The van der Waals surface area contributed by atoms with E-state index in [1.54, 1.807) is 0 Å². The molecule has 1 unspecified atom stereocenters. The second kappa shape index (κ2) is 7.57. The zero-order valence-electron chi connectivity index (χ0n) is 13.3. The SMILES string of the molecule is Cc1ccccc1Cn1ccc(NC(=S)NCC2CCCO2)n1. The minimum atomic E-state index is 0.272. The lowest BCUT2D eigenvalue weighted by Crippen LogP contribution is -2.34. The van der Waals surface area contributed by atoms with E-state index in [1.165, 1.54) is 11.1 Å². The van der Waals surface area contributed by atoms with E-state index in [0.29, 0.717) is 5.11 Å². The van der Waals surface area contributed by atoms with E-state index in [9.17, 15) is 0 Å². The average molecular weight is 330 g/mol. The largest absolute Gasteiger partial charge is 0.376 e. The van der Waals surface area contributed by atoms with Crippen molar-refractivity contribution < 1.29 is 4.74 Å². The molecule has 0 aliphatic carbocycles. The first-order chi connectivity index (χ1) is 11.2. The van der Waals surface area contributed by atoms with Crippen LogP contribution in [-0.2, 0) is 11.3 Å². The van der Waals surface area contributed by atoms with Crippen molar-refractivity contribution >= 4 is 23.1 Å². The molecule has 1 aliphatic heterocycles. The molecule has 5 nitrogen and oxygen atoms in total. The van der Waals surface area contributed by atoms with Crippen molar-refractivity contribution in [1.82, 2.24) is 15.1 Å². The van der Waals surface area contributed by atoms with Gasteiger partial charge in [0.2, 0.25) is 0 Å². The predicted molar refractivity (Wildman–Crippen MR) is 95.7 cm³/mol. The van der Waals surface area contributed by atoms with Crippen LogP contribution in [0.5, 0.6) is 0 Å². The van der Waals surface area contributed by atoms with E-state index in [4.69, 9.17) is 17.0 Å². The molecule has 23 heavy (non-hydrogen) atoms. The van der Waals surface area contributed by atoms with Crippen molar-refractivity contribution in [2.45, 2.75) is 32.4 Å². The summed E-state index contributed by atoms with van der Waals surface area (Å²) in [4.78, 5) is 0. The summed E-state index contributed by atoms with van der Waals surface area (Å²) in [6.07, 6.45) is 4.46. The summed E-state index contributed by atoms with van der Waals surface area (Å²) in [7, 11) is 0. The van der Waals surface area contributed by atoms with Crippen molar-refractivity contribution in [1.29, 1.82) is 0 Å². The number of hydrogen-bond acceptors (Lipinski definition) is 3. The Morgan fingerprint density at radius 1 is 1.39 bits per heavy atom. The molecule has 0 radical (unpaired) electrons. The molecule has 1 aliphatic rings. The molecular formula is C17H22N4OS. The molecule has 2 heterocycles. The lowest BCUT2D eigenvalue weighted by Gasteiger charge is -2.12. The number of thiocarbonyl (C=S) groups is 1. The maximum Gasteiger partial charge on any atom is 0.172 e. The van der Waals surface area contributed by atoms with Crippen molar-refractivity contribution in [2.75, 3.05) is 18.5 Å². The van der Waals surface area contributed by atoms with E-state index in [-0.39, 0.29) is 6.10 Å². The van der Waals surface area contributed by atoms with Gasteiger partial charge < -0.3 is 15.4 Å². The second-order valence-corrected chi connectivity index (χ2v) is 6.20. The molecule has 1 aromatic carbocycles. The van der Waals surface area contributed by atoms with Crippen LogP contribution in [0.4, 0.5) is 5.82 Å². The van der Waals surface area contributed by atoms with E-state index < -0.39 is 0 Å². The maximum absolute atomic E-state index is 5.57. The lowest BCUT2D eigenvalue weighted by molar-refractivity contribution is 0.114. The summed E-state index contributed by atoms with van der Waals surface area (Å²) in [5, 5.41) is 11.4. The smallest absolute Gasteiger partial charge is 0.172 e. The van der Waals surface area contributed by atoms with E-state index in [1.807, 2.05) is 23.0 Å². The van der Waals surface area contributed by atoms with Gasteiger partial charge in [-0.25, -0.2) is 0 Å². The van der Waals surface area contributed by atoms with Crippen LogP contribution in [-0.4, -0.2) is 34.1 Å². The van der Waals surface area contributed by atoms with Crippen LogP contribution >= 0.6 is 12.2 Å². The number of anilines is 1. The minimum Gasteiger partial charge on any atom is -0.376 e. The quantitative estimate of drug-likeness (QED) is 0.826. The van der Waals surface area contributed by atoms with Gasteiger partial charge >= 0.3 is 0 Å². The molecule has 3 rings (SSSR count). The number of nitrogens with zero attached hydrogens (tertiary/aromatic N) is 2. The number of aryl methyl sites for hydroxylation is 1. The van der Waals surface area contributed by atoms with Gasteiger partial charge in [-0.2, -0.15) is 5.10 Å². The standard InChI is InChI=1S/C17H22N4OS/c1-13-5-2-3-6-14(13)12-21-9-8-16(20-21)19-17(23)18-11-15-7-4-10-22-15/h2-3,5-6,8-9,15H,4,7,10-12H2,1H3,(H2,18,19,20,23). The van der Waals surface area contributed by atoms with Gasteiger partial charge in [0.1, 0.15) is 0 Å². The molecule has 2 N–H and O–H groups in total. The first kappa shape index (κ1) is 16.0. The Labute approximate surface area is 142 Å². The highest BCUT2D eigenvalue weighted by Gasteiger charge is 2.15. The summed E-state index contributed by atoms with van der Waals surface area (Å²) < 4.78 is 7.48. The van der Waals surface area contributed by atoms with Crippen LogP contribution in [0.3, 0.4) is 0 Å². The Kier molecular flexibility index (Phi) is 5.25. The van der Waals surface area contributed by atoms with Gasteiger partial charge in [-0.05, 0) is 43.1 Å². The second-order valence-electron chi connectivity index (χ2n) is 5.80. The molecule has 0 saturated carbocycles. The molecule has 1 saturated heterocycles. The molecule has 0 amide bonds. The fourth-order valence-corrected chi connectivity index (χ4v) is 2.84. The van der Waals surface area contributed by atoms with Crippen LogP contribution in [0.1, 0.15) is 24.0 Å². The first-order valence-electron chi connectivity index (χ1n) is 7.95. The fourth-order valence-electron chi connectivity index (χ4n) is 2.65. The van der Waals surface area contributed by atoms with Crippen molar-refractivity contribution in [3.63, 3.8) is 0 Å². The van der Waals surface area contributed by atoms with E-state index in [0.717, 1.165) is 38.4 Å². The number of nitrogens with one attached hydrogen (secondary N) is 2. The van der Waals surface area contributed by atoms with Crippen LogP contribution in [0.15, 0.2) is 36.5 Å². The highest BCUT2D eigenvalue weighted by molar-refractivity contribution is 7.80. The average Bonchev–Trinajstić information content (AvgIpc) is 3.19. The molecule has 6 heteroatoms. The minimum absolute atomic E-state index is 0.272. The molecule has 1 aromatic heterocycles. The fraction of sp³-hybridized carbons (Fsp3) is 0.412. The molecular weight excluding hydrogens is 308 g/mol. The van der Waals surface area contributed by atoms with Gasteiger partial charge in [0.05, 0.1) is 12.6 Å². The topological polar surface area (TPSA) is 51.1 Å². The summed E-state index contributed by atoms with van der Waals surface area (Å²) in [6, 6.07) is 10.3. The van der Waals surface area contributed by atoms with Gasteiger partial charge in [-0.15, -0.1) is 0 Å². The Balaban J connectivity index is 1.50. The summed E-state index contributed by atoms with van der Waals surface area (Å²) in [5.41, 5.74) is 2.53. The number of rotatable bonds is 5. The third kappa shape index (κ3) is 4.53. The van der Waals surface area contributed by atoms with Crippen molar-refractivity contribution in [3.05, 3.63) is 47.7 Å². The Bertz CT molecular complexity index is 664. The third-order valence-corrected chi connectivity index (χ3v) is 4.24. The summed E-state index contributed by atoms with van der Waals surface area (Å²) in [5.74, 6) is 0.753. The predicted octanol–water partition coefficient (Wildman–Crippen LogP) is 2.71. The highest BCUT2D eigenvalue weighted by Crippen LogP contribution is 2.12. The third-order valence-electron chi connectivity index (χ3n) is 3.99. The van der Waals surface area contributed by atoms with Crippen LogP contribution in [0, 0.1) is 6.92 Å². The van der Waals surface area contributed by atoms with Gasteiger partial charge in [-0.1, -0.05) is 24.3 Å². The zero-order valence-corrected chi connectivity index (χ0v) is 14.1. The van der Waals surface area contributed by atoms with E-state index >= 15 is 0 Å². The highest BCUT2D eigenvalue weighted by atomic mass is 32.1. The van der Waals surface area contributed by atoms with Crippen LogP contribution < -0.4 is 10.6 Å². The molecule has 2 aromatic rings. The molecule has 1 atom stereocenters. The molecule has 0 spiro atoms. The Morgan fingerprint density at radius 2 is 2.26 bits per heavy atom. The van der Waals surface area contributed by atoms with Gasteiger partial charge in [0.25, 0.3) is 0 Å². The van der Waals surface area contributed by atoms with Gasteiger partial charge in [0, 0.05) is 25.4 Å². The Morgan fingerprint density at radius 3 is 3.04 bits per heavy atom. The van der Waals surface area contributed by atoms with Gasteiger partial charge in [0.15, 0.2) is 10.9 Å². The van der Waals surface area contributed by atoms with Crippen LogP contribution in [0.25, 0.3) is 0 Å². The number of ether oxygens (including phenoxy) is 1. The normalized spacial score (nSPS) is 17.2. The number of aromatic nitrogens is 2. The summed E-state index contributed by atoms with van der Waals surface area (Å²) >= 11 is 5.30. The lowest BCUT2D eigenvalue weighted by atomic mass is 10.1. The van der Waals surface area contributed by atoms with E-state index in [2.05, 4.69) is 40.9 Å². The molecule has 122 valence electrons. The Hall–Kier alpha value is -1.92. The van der Waals surface area contributed by atoms with Crippen molar-refractivity contribution in [2.24, 2.45) is 0 Å². The monoisotopic (exact) mass is 330 g/mol. The number of benzene rings is 1. The zero-order chi connectivity index (χ0) is 16.1. The summed E-state index contributed by atoms with van der Waals surface area (Å²) in [6.45, 7) is 4.47. The van der Waals surface area contributed by atoms with Crippen molar-refractivity contribution in [3.8, 4) is 0 Å². The molecule has 1 fully saturated rings. The molecule has 0 bridgehead atoms.